The Balaban J connectivity index is 1.27. The van der Waals surface area contributed by atoms with Crippen LogP contribution in [0.5, 0.6) is 5.75 Å². The Bertz CT molecular complexity index is 1310. The van der Waals surface area contributed by atoms with E-state index in [4.69, 9.17) is 0 Å². The van der Waals surface area contributed by atoms with E-state index in [9.17, 15) is 13.6 Å². The van der Waals surface area contributed by atoms with Crippen LogP contribution >= 0.6 is 0 Å². The fourth-order valence-electron chi connectivity index (χ4n) is 4.84. The number of nitrogens with zero attached hydrogens (tertiary/aromatic N) is 3. The number of fused-ring (bicyclic) bond motifs is 1. The number of nitrogens with one attached hydrogen (secondary N) is 3. The number of halogens is 2. The predicted octanol–water partition coefficient (Wildman–Crippen LogP) is 4.46. The molecule has 198 valence electrons. The molecule has 1 fully saturated rings. The highest BCUT2D eigenvalue weighted by Gasteiger charge is 2.26. The van der Waals surface area contributed by atoms with Gasteiger partial charge >= 0.3 is 6.61 Å². The van der Waals surface area contributed by atoms with E-state index < -0.39 is 6.61 Å². The van der Waals surface area contributed by atoms with Crippen LogP contribution < -0.4 is 20.7 Å². The van der Waals surface area contributed by atoms with Gasteiger partial charge in [0.2, 0.25) is 0 Å². The molecule has 0 bridgehead atoms. The molecule has 0 unspecified atom stereocenters. The lowest BCUT2D eigenvalue weighted by Crippen LogP contribution is -2.44. The molecule has 2 aromatic carbocycles. The molecule has 1 saturated heterocycles. The van der Waals surface area contributed by atoms with Gasteiger partial charge in [-0.15, -0.1) is 0 Å². The highest BCUT2D eigenvalue weighted by Crippen LogP contribution is 2.30. The van der Waals surface area contributed by atoms with Crippen molar-refractivity contribution in [2.75, 3.05) is 25.5 Å². The fraction of sp³-hybridized carbons (Fsp3) is 0.286. The monoisotopic (exact) mass is 520 g/mol. The summed E-state index contributed by atoms with van der Waals surface area (Å²) in [6.45, 7) is 0.577. The Labute approximate surface area is 220 Å². The second-order valence-electron chi connectivity index (χ2n) is 9.28. The van der Waals surface area contributed by atoms with Crippen LogP contribution in [0.25, 0.3) is 5.70 Å². The Morgan fingerprint density at radius 1 is 1.11 bits per heavy atom. The molecule has 1 amide bonds. The van der Waals surface area contributed by atoms with Gasteiger partial charge in [-0.05, 0) is 74.8 Å². The van der Waals surface area contributed by atoms with Crippen LogP contribution in [0, 0.1) is 6.92 Å². The maximum atomic E-state index is 13.1. The summed E-state index contributed by atoms with van der Waals surface area (Å²) in [6.07, 6.45) is 9.08. The number of carbonyl (C=O) groups excluding carboxylic acids is 1. The Hall–Kier alpha value is -4.18. The van der Waals surface area contributed by atoms with E-state index in [0.29, 0.717) is 17.4 Å². The number of likely N-dealkylation sites (tertiary alicyclic amines) is 1. The summed E-state index contributed by atoms with van der Waals surface area (Å²) < 4.78 is 29.5. The van der Waals surface area contributed by atoms with E-state index in [1.165, 1.54) is 12.1 Å². The molecule has 8 nitrogen and oxygen atoms in total. The van der Waals surface area contributed by atoms with Gasteiger partial charge in [0.15, 0.2) is 5.84 Å². The topological polar surface area (TPSA) is 81.2 Å². The van der Waals surface area contributed by atoms with Gasteiger partial charge in [-0.2, -0.15) is 8.78 Å². The fourth-order valence-corrected chi connectivity index (χ4v) is 4.84. The summed E-state index contributed by atoms with van der Waals surface area (Å²) in [5.41, 5.74) is 4.81. The van der Waals surface area contributed by atoms with Gasteiger partial charge in [-0.25, -0.2) is 4.99 Å². The Kier molecular flexibility index (Phi) is 7.41. The summed E-state index contributed by atoms with van der Waals surface area (Å²) in [6, 6.07) is 12.6. The SMILES string of the molecule is CNC1CCN(C(=O)c2ccc(NC3=NC=CN4C3=CNC=C4c3ccc(OC(F)F)cc3)cc2C)CC1. The third-order valence-corrected chi connectivity index (χ3v) is 6.91. The molecule has 0 saturated carbocycles. The number of alkyl halides is 2. The molecule has 3 heterocycles. The number of aryl methyl sites for hydroxylation is 1. The summed E-state index contributed by atoms with van der Waals surface area (Å²) in [5.74, 6) is 0.782. The number of carbonyl (C=O) groups is 1. The van der Waals surface area contributed by atoms with Crippen LogP contribution in [-0.4, -0.2) is 54.3 Å². The van der Waals surface area contributed by atoms with Crippen molar-refractivity contribution in [2.45, 2.75) is 32.4 Å². The summed E-state index contributed by atoms with van der Waals surface area (Å²) in [4.78, 5) is 21.5. The Morgan fingerprint density at radius 3 is 2.53 bits per heavy atom. The molecule has 2 aromatic rings. The van der Waals surface area contributed by atoms with Gasteiger partial charge in [-0.3, -0.25) is 4.79 Å². The second kappa shape index (κ2) is 11.1. The molecular formula is C28H30F2N6O2. The average Bonchev–Trinajstić information content (AvgIpc) is 2.93. The van der Waals surface area contributed by atoms with E-state index >= 15 is 0 Å². The first kappa shape index (κ1) is 25.5. The molecule has 0 spiro atoms. The van der Waals surface area contributed by atoms with Gasteiger partial charge in [0.05, 0.1) is 5.70 Å². The van der Waals surface area contributed by atoms with Crippen LogP contribution in [0.1, 0.15) is 34.3 Å². The summed E-state index contributed by atoms with van der Waals surface area (Å²) >= 11 is 0. The van der Waals surface area contributed by atoms with E-state index in [0.717, 1.165) is 54.1 Å². The first-order chi connectivity index (χ1) is 18.4. The van der Waals surface area contributed by atoms with E-state index in [2.05, 4.69) is 25.7 Å². The van der Waals surface area contributed by atoms with Crippen LogP contribution in [0.15, 0.2) is 78.0 Å². The molecule has 0 atom stereocenters. The first-order valence-electron chi connectivity index (χ1n) is 12.5. The lowest BCUT2D eigenvalue weighted by Gasteiger charge is -2.32. The molecule has 3 N–H and O–H groups in total. The molecule has 0 aromatic heterocycles. The van der Waals surface area contributed by atoms with E-state index in [-0.39, 0.29) is 11.7 Å². The molecule has 10 heteroatoms. The number of ether oxygens (including phenoxy) is 1. The van der Waals surface area contributed by atoms with E-state index in [1.807, 2.05) is 60.6 Å². The Morgan fingerprint density at radius 2 is 1.84 bits per heavy atom. The van der Waals surface area contributed by atoms with Crippen LogP contribution in [0.4, 0.5) is 14.5 Å². The van der Waals surface area contributed by atoms with Gasteiger partial charge in [0, 0.05) is 60.7 Å². The normalized spacial score (nSPS) is 17.3. The minimum Gasteiger partial charge on any atom is -0.435 e. The van der Waals surface area contributed by atoms with Crippen LogP contribution in [0.3, 0.4) is 0 Å². The molecular weight excluding hydrogens is 490 g/mol. The van der Waals surface area contributed by atoms with Crippen LogP contribution in [0.2, 0.25) is 0 Å². The highest BCUT2D eigenvalue weighted by molar-refractivity contribution is 6.10. The summed E-state index contributed by atoms with van der Waals surface area (Å²) in [5, 5.41) is 9.81. The van der Waals surface area contributed by atoms with Crippen molar-refractivity contribution in [1.29, 1.82) is 0 Å². The van der Waals surface area contributed by atoms with Crippen molar-refractivity contribution in [3.8, 4) is 5.75 Å². The molecule has 38 heavy (non-hydrogen) atoms. The largest absolute Gasteiger partial charge is 0.435 e. The van der Waals surface area contributed by atoms with Gasteiger partial charge in [-0.1, -0.05) is 0 Å². The highest BCUT2D eigenvalue weighted by atomic mass is 19.3. The third kappa shape index (κ3) is 5.40. The van der Waals surface area contributed by atoms with Gasteiger partial charge < -0.3 is 30.5 Å². The number of hydrogen-bond donors (Lipinski definition) is 3. The van der Waals surface area contributed by atoms with Crippen molar-refractivity contribution >= 4 is 23.1 Å². The van der Waals surface area contributed by atoms with E-state index in [1.54, 1.807) is 18.3 Å². The summed E-state index contributed by atoms with van der Waals surface area (Å²) in [7, 11) is 1.96. The van der Waals surface area contributed by atoms with Crippen molar-refractivity contribution in [3.63, 3.8) is 0 Å². The lowest BCUT2D eigenvalue weighted by molar-refractivity contribution is -0.0498. The van der Waals surface area contributed by atoms with Gasteiger partial charge in [0.25, 0.3) is 5.91 Å². The third-order valence-electron chi connectivity index (χ3n) is 6.91. The maximum absolute atomic E-state index is 13.1. The zero-order valence-corrected chi connectivity index (χ0v) is 21.2. The minimum absolute atomic E-state index is 0.0617. The maximum Gasteiger partial charge on any atom is 0.387 e. The number of rotatable bonds is 6. The molecule has 5 rings (SSSR count). The zero-order chi connectivity index (χ0) is 26.6. The number of anilines is 1. The number of amides is 1. The van der Waals surface area contributed by atoms with Crippen molar-refractivity contribution in [3.05, 3.63) is 89.7 Å². The lowest BCUT2D eigenvalue weighted by atomic mass is 10.0. The predicted molar refractivity (Wildman–Crippen MR) is 143 cm³/mol. The smallest absolute Gasteiger partial charge is 0.387 e. The first-order valence-corrected chi connectivity index (χ1v) is 12.5. The number of aliphatic imine (C=N–C) groups is 1. The number of benzene rings is 2. The molecule has 0 radical (unpaired) electrons. The van der Waals surface area contributed by atoms with Crippen molar-refractivity contribution in [2.24, 2.45) is 4.99 Å². The zero-order valence-electron chi connectivity index (χ0n) is 21.2. The molecule has 0 aliphatic carbocycles. The number of hydrogen-bond acceptors (Lipinski definition) is 7. The minimum atomic E-state index is -2.87. The average molecular weight is 521 g/mol. The van der Waals surface area contributed by atoms with Gasteiger partial charge in [0.1, 0.15) is 11.4 Å². The van der Waals surface area contributed by atoms with Crippen molar-refractivity contribution in [1.82, 2.24) is 20.4 Å². The number of piperidine rings is 1. The quantitative estimate of drug-likeness (QED) is 0.522. The van der Waals surface area contributed by atoms with Crippen molar-refractivity contribution < 1.29 is 18.3 Å². The standard InChI is InChI=1S/C28H30F2N6O2/c1-18-15-21(5-8-23(18)27(37)35-12-9-20(31-2)10-13-35)34-26-25-17-32-16-24(36(25)14-11-33-26)19-3-6-22(7-4-19)38-28(29)30/h3-8,11,14-17,20,28,31-32H,9-10,12-13H2,1-2H3,(H,33,34). The molecule has 3 aliphatic rings. The van der Waals surface area contributed by atoms with Crippen LogP contribution in [-0.2, 0) is 0 Å². The molecule has 3 aliphatic heterocycles. The second-order valence-corrected chi connectivity index (χ2v) is 9.28. The number of amidine groups is 1.